The molecule has 0 atom stereocenters. The lowest BCUT2D eigenvalue weighted by atomic mass is 9.92. The van der Waals surface area contributed by atoms with E-state index in [-0.39, 0.29) is 5.41 Å². The molecule has 3 aromatic rings. The van der Waals surface area contributed by atoms with Crippen molar-refractivity contribution in [3.05, 3.63) is 65.0 Å². The number of hydrogen-bond donors (Lipinski definition) is 1. The summed E-state index contributed by atoms with van der Waals surface area (Å²) in [7, 11) is 0. The van der Waals surface area contributed by atoms with Gasteiger partial charge in [0.25, 0.3) is 0 Å². The highest BCUT2D eigenvalue weighted by Gasteiger charge is 2.30. The van der Waals surface area contributed by atoms with E-state index in [1.807, 2.05) is 32.9 Å². The highest BCUT2D eigenvalue weighted by Crippen LogP contribution is 2.30. The van der Waals surface area contributed by atoms with Gasteiger partial charge in [0, 0.05) is 17.4 Å². The number of nitrogens with zero attached hydrogens (tertiary/aromatic N) is 2. The van der Waals surface area contributed by atoms with Crippen LogP contribution in [0.25, 0.3) is 11.4 Å². The van der Waals surface area contributed by atoms with Gasteiger partial charge in [-0.2, -0.15) is 18.3 Å². The van der Waals surface area contributed by atoms with Gasteiger partial charge in [-0.3, -0.25) is 5.10 Å². The van der Waals surface area contributed by atoms with Crippen molar-refractivity contribution in [2.24, 2.45) is 5.41 Å². The molecular formula is C25H28F3N3O2. The van der Waals surface area contributed by atoms with E-state index in [0.29, 0.717) is 36.7 Å². The van der Waals surface area contributed by atoms with Gasteiger partial charge >= 0.3 is 6.18 Å². The number of aromatic amines is 1. The molecule has 1 heterocycles. The Morgan fingerprint density at radius 3 is 2.42 bits per heavy atom. The molecule has 0 saturated heterocycles. The second kappa shape index (κ2) is 10.2. The van der Waals surface area contributed by atoms with E-state index in [0.717, 1.165) is 42.6 Å². The van der Waals surface area contributed by atoms with Gasteiger partial charge in [0.1, 0.15) is 17.9 Å². The van der Waals surface area contributed by atoms with Crippen molar-refractivity contribution in [1.29, 1.82) is 0 Å². The maximum atomic E-state index is 12.7. The highest BCUT2D eigenvalue weighted by molar-refractivity contribution is 5.57. The van der Waals surface area contributed by atoms with Crippen LogP contribution in [0.2, 0.25) is 0 Å². The number of carbonyl (C=O) groups is 1. The largest absolute Gasteiger partial charge is 0.493 e. The molecule has 0 aliphatic heterocycles. The molecule has 5 nitrogen and oxygen atoms in total. The average Bonchev–Trinajstić information content (AvgIpc) is 3.23. The van der Waals surface area contributed by atoms with E-state index in [1.165, 1.54) is 17.7 Å². The standard InChI is InChI=1S/C25H28F3N3O2/c1-17-15-18(7-12-21(17)33-14-13-24(2,3)16-32)5-4-6-22-29-23(31-30-22)19-8-10-20(11-9-19)25(26,27)28/h7-12,15-16H,4-6,13-14H2,1-3H3,(H,29,30,31). The van der Waals surface area contributed by atoms with Crippen LogP contribution >= 0.6 is 0 Å². The third-order valence-corrected chi connectivity index (χ3v) is 5.44. The quantitative estimate of drug-likeness (QED) is 0.380. The summed E-state index contributed by atoms with van der Waals surface area (Å²) in [6.45, 7) is 6.26. The van der Waals surface area contributed by atoms with Crippen LogP contribution in [0.5, 0.6) is 5.75 Å². The van der Waals surface area contributed by atoms with Crippen LogP contribution < -0.4 is 4.74 Å². The number of aromatic nitrogens is 3. The zero-order valence-corrected chi connectivity index (χ0v) is 19.0. The Hall–Kier alpha value is -3.16. The fraction of sp³-hybridized carbons (Fsp3) is 0.400. The Morgan fingerprint density at radius 1 is 1.06 bits per heavy atom. The van der Waals surface area contributed by atoms with Crippen molar-refractivity contribution in [3.63, 3.8) is 0 Å². The molecule has 0 aliphatic rings. The molecule has 0 radical (unpaired) electrons. The minimum absolute atomic E-state index is 0.383. The minimum Gasteiger partial charge on any atom is -0.493 e. The number of nitrogens with one attached hydrogen (secondary N) is 1. The van der Waals surface area contributed by atoms with Crippen LogP contribution in [0.15, 0.2) is 42.5 Å². The molecule has 0 bridgehead atoms. The lowest BCUT2D eigenvalue weighted by Crippen LogP contribution is -2.17. The SMILES string of the molecule is Cc1cc(CCCc2nc(-c3ccc(C(F)(F)F)cc3)n[nH]2)ccc1OCCC(C)(C)C=O. The molecular weight excluding hydrogens is 431 g/mol. The number of benzene rings is 2. The van der Waals surface area contributed by atoms with Crippen LogP contribution in [-0.2, 0) is 23.8 Å². The first-order valence-electron chi connectivity index (χ1n) is 10.8. The number of H-pyrrole nitrogens is 1. The third kappa shape index (κ3) is 6.91. The van der Waals surface area contributed by atoms with Gasteiger partial charge in [-0.05, 0) is 55.5 Å². The van der Waals surface area contributed by atoms with Gasteiger partial charge in [0.05, 0.1) is 12.2 Å². The zero-order chi connectivity index (χ0) is 24.1. The maximum absolute atomic E-state index is 12.7. The van der Waals surface area contributed by atoms with Crippen molar-refractivity contribution in [2.75, 3.05) is 6.61 Å². The van der Waals surface area contributed by atoms with Crippen LogP contribution in [0.3, 0.4) is 0 Å². The molecule has 0 saturated carbocycles. The summed E-state index contributed by atoms with van der Waals surface area (Å²) in [4.78, 5) is 15.4. The van der Waals surface area contributed by atoms with Crippen LogP contribution in [0, 0.1) is 12.3 Å². The Labute approximate surface area is 191 Å². The van der Waals surface area contributed by atoms with Gasteiger partial charge in [-0.1, -0.05) is 38.1 Å². The molecule has 8 heteroatoms. The molecule has 0 spiro atoms. The predicted molar refractivity (Wildman–Crippen MR) is 120 cm³/mol. The fourth-order valence-corrected chi connectivity index (χ4v) is 3.32. The Kier molecular flexibility index (Phi) is 7.56. The first-order chi connectivity index (χ1) is 15.6. The van der Waals surface area contributed by atoms with E-state index >= 15 is 0 Å². The van der Waals surface area contributed by atoms with E-state index < -0.39 is 11.7 Å². The second-order valence-corrected chi connectivity index (χ2v) is 8.84. The number of halogens is 3. The number of carbonyl (C=O) groups excluding carboxylic acids is 1. The van der Waals surface area contributed by atoms with Crippen molar-refractivity contribution in [3.8, 4) is 17.1 Å². The average molecular weight is 460 g/mol. The number of rotatable bonds is 10. The molecule has 1 aromatic heterocycles. The van der Waals surface area contributed by atoms with E-state index in [2.05, 4.69) is 21.2 Å². The van der Waals surface area contributed by atoms with Gasteiger partial charge in [-0.15, -0.1) is 0 Å². The molecule has 1 N–H and O–H groups in total. The first-order valence-corrected chi connectivity index (χ1v) is 10.8. The summed E-state index contributed by atoms with van der Waals surface area (Å²) in [6.07, 6.45) is -0.397. The summed E-state index contributed by atoms with van der Waals surface area (Å²) in [5.74, 6) is 1.89. The van der Waals surface area contributed by atoms with E-state index in [9.17, 15) is 18.0 Å². The van der Waals surface area contributed by atoms with Gasteiger partial charge in [0.15, 0.2) is 5.82 Å². The van der Waals surface area contributed by atoms with Gasteiger partial charge in [0.2, 0.25) is 0 Å². The topological polar surface area (TPSA) is 67.9 Å². The molecule has 0 unspecified atom stereocenters. The molecule has 176 valence electrons. The first kappa shape index (κ1) is 24.5. The number of alkyl halides is 3. The third-order valence-electron chi connectivity index (χ3n) is 5.44. The number of aryl methyl sites for hydroxylation is 3. The van der Waals surface area contributed by atoms with E-state index in [4.69, 9.17) is 4.74 Å². The van der Waals surface area contributed by atoms with Crippen molar-refractivity contribution < 1.29 is 22.7 Å². The molecule has 0 amide bonds. The normalized spacial score (nSPS) is 12.1. The van der Waals surface area contributed by atoms with Crippen LogP contribution in [0.4, 0.5) is 13.2 Å². The summed E-state index contributed by atoms with van der Waals surface area (Å²) in [6, 6.07) is 10.9. The van der Waals surface area contributed by atoms with Gasteiger partial charge < -0.3 is 9.53 Å². The lowest BCUT2D eigenvalue weighted by molar-refractivity contribution is -0.137. The second-order valence-electron chi connectivity index (χ2n) is 8.84. The summed E-state index contributed by atoms with van der Waals surface area (Å²) >= 11 is 0. The van der Waals surface area contributed by atoms with Crippen LogP contribution in [0.1, 0.15) is 49.2 Å². The van der Waals surface area contributed by atoms with E-state index in [1.54, 1.807) is 0 Å². The minimum atomic E-state index is -4.36. The van der Waals surface area contributed by atoms with Crippen LogP contribution in [-0.4, -0.2) is 28.1 Å². The number of aldehydes is 1. The Balaban J connectivity index is 1.50. The molecule has 3 rings (SSSR count). The molecule has 0 fully saturated rings. The molecule has 2 aromatic carbocycles. The molecule has 0 aliphatic carbocycles. The monoisotopic (exact) mass is 459 g/mol. The summed E-state index contributed by atoms with van der Waals surface area (Å²) in [5, 5.41) is 6.99. The fourth-order valence-electron chi connectivity index (χ4n) is 3.32. The van der Waals surface area contributed by atoms with Gasteiger partial charge in [-0.25, -0.2) is 4.98 Å². The zero-order valence-electron chi connectivity index (χ0n) is 19.0. The summed E-state index contributed by atoms with van der Waals surface area (Å²) < 4.78 is 44.0. The molecule has 33 heavy (non-hydrogen) atoms. The smallest absolute Gasteiger partial charge is 0.416 e. The Morgan fingerprint density at radius 2 is 1.79 bits per heavy atom. The van der Waals surface area contributed by atoms with Crippen molar-refractivity contribution >= 4 is 6.29 Å². The summed E-state index contributed by atoms with van der Waals surface area (Å²) in [5.41, 5.74) is 1.67. The lowest BCUT2D eigenvalue weighted by Gasteiger charge is -2.17. The predicted octanol–water partition coefficient (Wildman–Crippen LogP) is 5.97. The Bertz CT molecular complexity index is 1070. The van der Waals surface area contributed by atoms with Crippen molar-refractivity contribution in [2.45, 2.75) is 52.6 Å². The maximum Gasteiger partial charge on any atom is 0.416 e. The highest BCUT2D eigenvalue weighted by atomic mass is 19.4. The number of hydrogen-bond acceptors (Lipinski definition) is 4. The number of ether oxygens (including phenoxy) is 1. The van der Waals surface area contributed by atoms with Crippen molar-refractivity contribution in [1.82, 2.24) is 15.2 Å².